The number of nitrogens with one attached hydrogen (secondary N) is 1. The predicted octanol–water partition coefficient (Wildman–Crippen LogP) is 4.02. The Morgan fingerprint density at radius 1 is 1.26 bits per heavy atom. The standard InChI is InChI=1S/C16H26N2O2.C3H8/c1-5-18(12-8-11-16(19)17-3)13(2)14-9-6-7-10-15(14)20-4;1-3-2/h6-7,9-10,13H,5,8,11-12H2,1-4H3,(H,17,19);3H2,1-2H3/t13-;/m0./s1. The van der Waals surface area contributed by atoms with E-state index in [-0.39, 0.29) is 11.9 Å². The number of para-hydroxylation sites is 1. The number of nitrogens with zero attached hydrogens (tertiary/aromatic N) is 1. The van der Waals surface area contributed by atoms with Gasteiger partial charge in [-0.15, -0.1) is 0 Å². The molecule has 1 atom stereocenters. The third kappa shape index (κ3) is 8.03. The second kappa shape index (κ2) is 12.9. The Morgan fingerprint density at radius 3 is 2.39 bits per heavy atom. The highest BCUT2D eigenvalue weighted by molar-refractivity contribution is 5.75. The van der Waals surface area contributed by atoms with Gasteiger partial charge >= 0.3 is 0 Å². The number of rotatable bonds is 8. The summed E-state index contributed by atoms with van der Waals surface area (Å²) in [5, 5.41) is 2.66. The first-order valence-corrected chi connectivity index (χ1v) is 8.63. The van der Waals surface area contributed by atoms with Crippen molar-refractivity contribution in [2.24, 2.45) is 0 Å². The number of ether oxygens (including phenoxy) is 1. The van der Waals surface area contributed by atoms with E-state index in [0.29, 0.717) is 6.42 Å². The van der Waals surface area contributed by atoms with E-state index in [9.17, 15) is 4.79 Å². The van der Waals surface area contributed by atoms with E-state index in [1.54, 1.807) is 14.2 Å². The van der Waals surface area contributed by atoms with Gasteiger partial charge in [-0.2, -0.15) is 0 Å². The molecule has 0 aromatic heterocycles. The number of benzene rings is 1. The number of hydrogen-bond donors (Lipinski definition) is 1. The molecule has 0 aliphatic heterocycles. The summed E-state index contributed by atoms with van der Waals surface area (Å²) in [4.78, 5) is 13.6. The summed E-state index contributed by atoms with van der Waals surface area (Å²) in [6.07, 6.45) is 2.69. The van der Waals surface area contributed by atoms with Gasteiger partial charge in [-0.05, 0) is 32.5 Å². The van der Waals surface area contributed by atoms with Crippen LogP contribution in [0.25, 0.3) is 0 Å². The van der Waals surface area contributed by atoms with Gasteiger partial charge in [-0.25, -0.2) is 0 Å². The predicted molar refractivity (Wildman–Crippen MR) is 97.9 cm³/mol. The highest BCUT2D eigenvalue weighted by Gasteiger charge is 2.17. The van der Waals surface area contributed by atoms with Gasteiger partial charge in [0.2, 0.25) is 5.91 Å². The normalized spacial score (nSPS) is 11.4. The van der Waals surface area contributed by atoms with E-state index in [2.05, 4.69) is 44.0 Å². The van der Waals surface area contributed by atoms with Gasteiger partial charge in [0.25, 0.3) is 0 Å². The molecule has 1 aromatic rings. The Morgan fingerprint density at radius 2 is 1.87 bits per heavy atom. The fourth-order valence-electron chi connectivity index (χ4n) is 2.40. The summed E-state index contributed by atoms with van der Waals surface area (Å²) in [6, 6.07) is 8.39. The monoisotopic (exact) mass is 322 g/mol. The summed E-state index contributed by atoms with van der Waals surface area (Å²) in [7, 11) is 3.38. The van der Waals surface area contributed by atoms with Gasteiger partial charge < -0.3 is 10.1 Å². The first-order valence-electron chi connectivity index (χ1n) is 8.63. The van der Waals surface area contributed by atoms with Crippen molar-refractivity contribution in [2.75, 3.05) is 27.2 Å². The second-order valence-corrected chi connectivity index (χ2v) is 5.53. The molecule has 1 rings (SSSR count). The lowest BCUT2D eigenvalue weighted by molar-refractivity contribution is -0.120. The van der Waals surface area contributed by atoms with Crippen LogP contribution in [0.1, 0.15) is 58.6 Å². The Bertz CT molecular complexity index is 435. The van der Waals surface area contributed by atoms with Gasteiger partial charge in [0.1, 0.15) is 5.75 Å². The maximum absolute atomic E-state index is 11.3. The molecule has 132 valence electrons. The molecule has 1 amide bonds. The largest absolute Gasteiger partial charge is 0.496 e. The molecule has 0 aliphatic rings. The molecule has 1 N–H and O–H groups in total. The maximum atomic E-state index is 11.3. The minimum Gasteiger partial charge on any atom is -0.496 e. The Kier molecular flexibility index (Phi) is 12.1. The summed E-state index contributed by atoms with van der Waals surface area (Å²) in [5.74, 6) is 1.02. The lowest BCUT2D eigenvalue weighted by atomic mass is 10.1. The number of hydrogen-bond acceptors (Lipinski definition) is 3. The van der Waals surface area contributed by atoms with Crippen LogP contribution in [0.2, 0.25) is 0 Å². The molecule has 0 saturated carbocycles. The molecule has 1 aromatic carbocycles. The number of amides is 1. The minimum absolute atomic E-state index is 0.103. The van der Waals surface area contributed by atoms with Crippen molar-refractivity contribution in [3.8, 4) is 5.75 Å². The summed E-state index contributed by atoms with van der Waals surface area (Å²) >= 11 is 0. The van der Waals surface area contributed by atoms with E-state index in [4.69, 9.17) is 4.74 Å². The maximum Gasteiger partial charge on any atom is 0.219 e. The van der Waals surface area contributed by atoms with Crippen molar-refractivity contribution in [3.63, 3.8) is 0 Å². The first-order chi connectivity index (χ1) is 11.0. The quantitative estimate of drug-likeness (QED) is 0.786. The highest BCUT2D eigenvalue weighted by atomic mass is 16.5. The minimum atomic E-state index is 0.103. The molecule has 0 bridgehead atoms. The zero-order chi connectivity index (χ0) is 17.7. The number of methoxy groups -OCH3 is 1. The molecular weight excluding hydrogens is 288 g/mol. The van der Waals surface area contributed by atoms with Crippen molar-refractivity contribution >= 4 is 5.91 Å². The number of carbonyl (C=O) groups excluding carboxylic acids is 1. The van der Waals surface area contributed by atoms with Gasteiger partial charge in [-0.3, -0.25) is 9.69 Å². The van der Waals surface area contributed by atoms with E-state index >= 15 is 0 Å². The van der Waals surface area contributed by atoms with E-state index in [1.807, 2.05) is 18.2 Å². The van der Waals surface area contributed by atoms with Crippen LogP contribution in [0, 0.1) is 0 Å². The van der Waals surface area contributed by atoms with Crippen molar-refractivity contribution in [3.05, 3.63) is 29.8 Å². The molecular formula is C19H34N2O2. The van der Waals surface area contributed by atoms with E-state index < -0.39 is 0 Å². The molecule has 0 spiro atoms. The van der Waals surface area contributed by atoms with Crippen LogP contribution in [0.15, 0.2) is 24.3 Å². The third-order valence-corrected chi connectivity index (χ3v) is 3.67. The summed E-state index contributed by atoms with van der Waals surface area (Å²) < 4.78 is 5.43. The van der Waals surface area contributed by atoms with Crippen LogP contribution in [0.5, 0.6) is 5.75 Å². The molecule has 23 heavy (non-hydrogen) atoms. The molecule has 0 radical (unpaired) electrons. The average molecular weight is 322 g/mol. The SMILES string of the molecule is CCC.CCN(CCCC(=O)NC)[C@@H](C)c1ccccc1OC. The fourth-order valence-corrected chi connectivity index (χ4v) is 2.40. The van der Waals surface area contributed by atoms with Crippen molar-refractivity contribution < 1.29 is 9.53 Å². The van der Waals surface area contributed by atoms with Crippen LogP contribution in [-0.4, -0.2) is 38.1 Å². The van der Waals surface area contributed by atoms with Crippen LogP contribution >= 0.6 is 0 Å². The van der Waals surface area contributed by atoms with Crippen LogP contribution in [-0.2, 0) is 4.79 Å². The smallest absolute Gasteiger partial charge is 0.219 e. The Balaban J connectivity index is 0.00000149. The second-order valence-electron chi connectivity index (χ2n) is 5.53. The molecule has 4 nitrogen and oxygen atoms in total. The van der Waals surface area contributed by atoms with Gasteiger partial charge in [0.05, 0.1) is 7.11 Å². The summed E-state index contributed by atoms with van der Waals surface area (Å²) in [6.45, 7) is 10.4. The molecule has 0 saturated heterocycles. The molecule has 4 heteroatoms. The van der Waals surface area contributed by atoms with Gasteiger partial charge in [0.15, 0.2) is 0 Å². The highest BCUT2D eigenvalue weighted by Crippen LogP contribution is 2.28. The van der Waals surface area contributed by atoms with Crippen molar-refractivity contribution in [1.29, 1.82) is 0 Å². The van der Waals surface area contributed by atoms with Crippen LogP contribution < -0.4 is 10.1 Å². The molecule has 0 aliphatic carbocycles. The zero-order valence-corrected chi connectivity index (χ0v) is 15.7. The van der Waals surface area contributed by atoms with Gasteiger partial charge in [-0.1, -0.05) is 45.4 Å². The Hall–Kier alpha value is -1.55. The number of carbonyl (C=O) groups is 1. The first kappa shape index (κ1) is 21.4. The third-order valence-electron chi connectivity index (χ3n) is 3.67. The fraction of sp³-hybridized carbons (Fsp3) is 0.632. The van der Waals surface area contributed by atoms with Crippen LogP contribution in [0.3, 0.4) is 0 Å². The molecule has 0 heterocycles. The topological polar surface area (TPSA) is 41.6 Å². The van der Waals surface area contributed by atoms with E-state index in [0.717, 1.165) is 25.3 Å². The zero-order valence-electron chi connectivity index (χ0n) is 15.7. The van der Waals surface area contributed by atoms with Crippen molar-refractivity contribution in [1.82, 2.24) is 10.2 Å². The lowest BCUT2D eigenvalue weighted by Gasteiger charge is -2.29. The van der Waals surface area contributed by atoms with E-state index in [1.165, 1.54) is 12.0 Å². The van der Waals surface area contributed by atoms with Crippen LogP contribution in [0.4, 0.5) is 0 Å². The lowest BCUT2D eigenvalue weighted by Crippen LogP contribution is -2.29. The average Bonchev–Trinajstić information content (AvgIpc) is 2.58. The summed E-state index contributed by atoms with van der Waals surface area (Å²) in [5.41, 5.74) is 1.19. The molecule has 0 unspecified atom stereocenters. The Labute approximate surface area is 142 Å². The van der Waals surface area contributed by atoms with Gasteiger partial charge in [0, 0.05) is 25.1 Å². The van der Waals surface area contributed by atoms with Crippen molar-refractivity contribution in [2.45, 2.75) is 53.0 Å². The molecule has 0 fully saturated rings.